The van der Waals surface area contributed by atoms with E-state index in [-0.39, 0.29) is 54.6 Å². The summed E-state index contributed by atoms with van der Waals surface area (Å²) in [5.74, 6) is -5.46. The Balaban J connectivity index is 0.000000243. The first kappa shape index (κ1) is 78.9. The van der Waals surface area contributed by atoms with E-state index >= 15 is 0 Å². The van der Waals surface area contributed by atoms with E-state index in [1.807, 2.05) is 36.4 Å². The predicted octanol–water partition coefficient (Wildman–Crippen LogP) is 17.5. The maximum absolute atomic E-state index is 14.2. The number of carbonyl (C=O) groups excluding carboxylic acids is 8. The van der Waals surface area contributed by atoms with Crippen LogP contribution in [0.15, 0.2) is 274 Å². The fourth-order valence-electron chi connectivity index (χ4n) is 7.93. The molecule has 8 rings (SSSR count). The summed E-state index contributed by atoms with van der Waals surface area (Å²) in [6, 6.07) is 49.1. The highest BCUT2D eigenvalue weighted by Gasteiger charge is 2.16. The maximum Gasteiger partial charge on any atom is 0.338 e. The Kier molecular flexibility index (Phi) is 30.3. The molecule has 19 heteroatoms. The largest absolute Gasteiger partial charge is 0.458 e. The smallest absolute Gasteiger partial charge is 0.338 e. The Morgan fingerprint density at radius 1 is 0.297 bits per heavy atom. The molecule has 0 N–H and O–H groups in total. The average molecular weight is 1370 g/mol. The quantitative estimate of drug-likeness (QED) is 0.0238. The van der Waals surface area contributed by atoms with Crippen LogP contribution in [0.3, 0.4) is 0 Å². The van der Waals surface area contributed by atoms with Crippen LogP contribution in [0.1, 0.15) is 63.8 Å². The predicted molar refractivity (Wildman–Crippen MR) is 378 cm³/mol. The fourth-order valence-corrected chi connectivity index (χ4v) is 7.93. The minimum absolute atomic E-state index is 0.135. The van der Waals surface area contributed by atoms with Crippen molar-refractivity contribution in [2.45, 2.75) is 68.0 Å². The molecule has 0 heterocycles. The number of esters is 8. The lowest BCUT2D eigenvalue weighted by atomic mass is 10.0. The summed E-state index contributed by atoms with van der Waals surface area (Å²) >= 11 is 0. The van der Waals surface area contributed by atoms with Crippen LogP contribution in [0.2, 0.25) is 0 Å². The van der Waals surface area contributed by atoms with Gasteiger partial charge >= 0.3 is 47.8 Å². The van der Waals surface area contributed by atoms with Crippen molar-refractivity contribution in [2.75, 3.05) is 0 Å². The first-order valence-corrected chi connectivity index (χ1v) is 30.6. The van der Waals surface area contributed by atoms with Gasteiger partial charge in [-0.1, -0.05) is 174 Å². The number of ether oxygens (including phenoxy) is 8. The zero-order valence-corrected chi connectivity index (χ0v) is 56.5. The number of benzene rings is 8. The van der Waals surface area contributed by atoms with Crippen molar-refractivity contribution >= 4 is 47.8 Å². The van der Waals surface area contributed by atoms with Gasteiger partial charge in [0.25, 0.3) is 0 Å². The van der Waals surface area contributed by atoms with E-state index < -0.39 is 65.2 Å². The van der Waals surface area contributed by atoms with Crippen LogP contribution in [0.5, 0.6) is 23.0 Å². The van der Waals surface area contributed by atoms with Gasteiger partial charge in [0.1, 0.15) is 43.7 Å². The third kappa shape index (κ3) is 26.0. The van der Waals surface area contributed by atoms with Gasteiger partial charge in [-0.05, 0) is 157 Å². The third-order valence-corrected chi connectivity index (χ3v) is 13.6. The second-order valence-corrected chi connectivity index (χ2v) is 22.3. The minimum Gasteiger partial charge on any atom is -0.458 e. The standard InChI is InChI=1S/2C21H19FO4.C21H20O4.C19H15FO4/c1-13(2)20(23)25-12-15-5-7-16(8-6-15)17-9-10-19(18(22)11-17)26-21(24)14(3)4;1-13(2)20(23)25-12-17-6-5-16(11-19(17)22)15-7-9-18(10-8-15)26-21(24)14(3)4;1-14(2)20(22)24-13-16-5-7-17(8-6-16)18-9-11-19(12-10-18)25-21(23)15(3)4;1-3-18(21)23-12-13-5-7-14(8-6-13)15-9-10-17(16(20)11-15)24-19(22)4-2/h2*5-11H,1,3,12H2,2,4H3;5-12H,1,3,13H2,2,4H3;3-11H,1-2,12H2. The number of halogens is 3. The van der Waals surface area contributed by atoms with Crippen molar-refractivity contribution in [2.24, 2.45) is 0 Å². The molecule has 0 saturated carbocycles. The highest BCUT2D eigenvalue weighted by atomic mass is 19.1. The number of carbonyl (C=O) groups is 8. The van der Waals surface area contributed by atoms with Crippen LogP contribution in [-0.2, 0) is 83.7 Å². The summed E-state index contributed by atoms with van der Waals surface area (Å²) in [6.45, 7) is 37.3. The van der Waals surface area contributed by atoms with Crippen LogP contribution in [0.25, 0.3) is 44.5 Å². The molecular formula is C82H73F3O16. The fraction of sp³-hybridized carbons (Fsp3) is 0.122. The maximum atomic E-state index is 14.2. The Bertz CT molecular complexity index is 4450. The molecule has 518 valence electrons. The molecule has 0 spiro atoms. The van der Waals surface area contributed by atoms with Crippen molar-refractivity contribution in [3.63, 3.8) is 0 Å². The Morgan fingerprint density at radius 2 is 0.564 bits per heavy atom. The summed E-state index contributed by atoms with van der Waals surface area (Å²) < 4.78 is 82.4. The van der Waals surface area contributed by atoms with Gasteiger partial charge < -0.3 is 37.9 Å². The normalized spacial score (nSPS) is 10.0. The molecule has 0 aliphatic rings. The van der Waals surface area contributed by atoms with Crippen LogP contribution < -0.4 is 18.9 Å². The van der Waals surface area contributed by atoms with E-state index in [9.17, 15) is 51.5 Å². The Labute approximate surface area is 583 Å². The van der Waals surface area contributed by atoms with Gasteiger partial charge in [0, 0.05) is 51.2 Å². The van der Waals surface area contributed by atoms with Gasteiger partial charge in [0.2, 0.25) is 0 Å². The minimum atomic E-state index is -0.722. The molecule has 0 aliphatic heterocycles. The van der Waals surface area contributed by atoms with Crippen LogP contribution >= 0.6 is 0 Å². The van der Waals surface area contributed by atoms with Gasteiger partial charge in [0.05, 0.1) is 0 Å². The molecule has 0 unspecified atom stereocenters. The Hall–Kier alpha value is -12.8. The Morgan fingerprint density at radius 3 is 0.881 bits per heavy atom. The third-order valence-electron chi connectivity index (χ3n) is 13.6. The monoisotopic (exact) mass is 1370 g/mol. The average Bonchev–Trinajstić information content (AvgIpc) is 0.853. The van der Waals surface area contributed by atoms with Crippen LogP contribution in [0, 0.1) is 17.5 Å². The highest BCUT2D eigenvalue weighted by Crippen LogP contribution is 2.30. The zero-order valence-electron chi connectivity index (χ0n) is 56.5. The summed E-state index contributed by atoms with van der Waals surface area (Å²) in [6.07, 6.45) is 2.06. The second-order valence-electron chi connectivity index (χ2n) is 22.3. The topological polar surface area (TPSA) is 210 Å². The molecule has 0 fully saturated rings. The van der Waals surface area contributed by atoms with Gasteiger partial charge in [-0.25, -0.2) is 51.5 Å². The van der Waals surface area contributed by atoms with Crippen molar-refractivity contribution in [3.05, 3.63) is 314 Å². The molecule has 0 bridgehead atoms. The lowest BCUT2D eigenvalue weighted by Gasteiger charge is -2.09. The lowest BCUT2D eigenvalue weighted by Crippen LogP contribution is -2.09. The van der Waals surface area contributed by atoms with E-state index in [2.05, 4.69) is 52.6 Å². The van der Waals surface area contributed by atoms with E-state index in [1.165, 1.54) is 44.2 Å². The van der Waals surface area contributed by atoms with Crippen LogP contribution in [0.4, 0.5) is 13.2 Å². The first-order chi connectivity index (χ1) is 47.9. The SMILES string of the molecule is C=C(C)C(=O)OCc1ccc(-c2ccc(OC(=O)C(=C)C)c(F)c2)cc1.C=C(C)C(=O)OCc1ccc(-c2ccc(OC(=O)C(=C)C)cc2)cc1.C=C(C)C(=O)OCc1ccc(-c2ccc(OC(=O)C(=C)C)cc2)cc1F.C=CC(=O)OCc1ccc(-c2ccc(OC(=O)C=C)c(F)c2)cc1. The van der Waals surface area contributed by atoms with Gasteiger partial charge in [-0.3, -0.25) is 0 Å². The van der Waals surface area contributed by atoms with Crippen molar-refractivity contribution in [3.8, 4) is 67.5 Å². The highest BCUT2D eigenvalue weighted by molar-refractivity contribution is 5.91. The summed E-state index contributed by atoms with van der Waals surface area (Å²) in [7, 11) is 0. The molecule has 0 aliphatic carbocycles. The molecule has 16 nitrogen and oxygen atoms in total. The number of hydrogen-bond donors (Lipinski definition) is 0. The molecule has 0 amide bonds. The number of rotatable bonds is 24. The van der Waals surface area contributed by atoms with Gasteiger partial charge in [0.15, 0.2) is 23.1 Å². The molecule has 0 radical (unpaired) electrons. The molecular weight excluding hydrogens is 1300 g/mol. The van der Waals surface area contributed by atoms with Gasteiger partial charge in [-0.2, -0.15) is 0 Å². The van der Waals surface area contributed by atoms with E-state index in [0.29, 0.717) is 50.5 Å². The molecule has 101 heavy (non-hydrogen) atoms. The van der Waals surface area contributed by atoms with Crippen LogP contribution in [-0.4, -0.2) is 47.8 Å². The molecule has 0 aromatic heterocycles. The molecule has 8 aromatic rings. The zero-order chi connectivity index (χ0) is 74.5. The summed E-state index contributed by atoms with van der Waals surface area (Å²) in [5.41, 5.74) is 10.8. The number of hydrogen-bond acceptors (Lipinski definition) is 16. The summed E-state index contributed by atoms with van der Waals surface area (Å²) in [4.78, 5) is 90.7. The summed E-state index contributed by atoms with van der Waals surface area (Å²) in [5, 5.41) is 0. The van der Waals surface area contributed by atoms with Gasteiger partial charge in [-0.15, -0.1) is 0 Å². The molecule has 0 atom stereocenters. The molecule has 0 saturated heterocycles. The van der Waals surface area contributed by atoms with Crippen molar-refractivity contribution in [1.82, 2.24) is 0 Å². The van der Waals surface area contributed by atoms with Crippen molar-refractivity contribution < 1.29 is 89.4 Å². The molecule has 8 aromatic carbocycles. The van der Waals surface area contributed by atoms with E-state index in [0.717, 1.165) is 56.7 Å². The van der Waals surface area contributed by atoms with Crippen molar-refractivity contribution in [1.29, 1.82) is 0 Å². The van der Waals surface area contributed by atoms with E-state index in [1.54, 1.807) is 137 Å². The van der Waals surface area contributed by atoms with E-state index in [4.69, 9.17) is 37.9 Å². The first-order valence-electron chi connectivity index (χ1n) is 30.6. The second kappa shape index (κ2) is 38.8. The lowest BCUT2D eigenvalue weighted by molar-refractivity contribution is -0.141.